The Kier molecular flexibility index (Phi) is 5.77. The molecule has 0 aliphatic carbocycles. The van der Waals surface area contributed by atoms with Crippen molar-refractivity contribution in [2.75, 3.05) is 37.7 Å². The third-order valence-corrected chi connectivity index (χ3v) is 5.17. The van der Waals surface area contributed by atoms with Crippen LogP contribution in [0.2, 0.25) is 0 Å². The summed E-state index contributed by atoms with van der Waals surface area (Å²) in [5.74, 6) is 0.684. The van der Waals surface area contributed by atoms with Gasteiger partial charge in [0, 0.05) is 43.3 Å². The van der Waals surface area contributed by atoms with Crippen molar-refractivity contribution in [1.82, 2.24) is 9.80 Å². The van der Waals surface area contributed by atoms with Crippen molar-refractivity contribution >= 4 is 23.4 Å². The van der Waals surface area contributed by atoms with Crippen molar-refractivity contribution in [1.29, 1.82) is 0 Å². The number of rotatable bonds is 5. The number of hydrogen-bond donors (Lipinski definition) is 1. The fourth-order valence-corrected chi connectivity index (χ4v) is 3.70. The van der Waals surface area contributed by atoms with E-state index in [9.17, 15) is 4.79 Å². The number of hydrogen-bond acceptors (Lipinski definition) is 4. The third-order valence-electron chi connectivity index (χ3n) is 4.19. The Morgan fingerprint density at radius 1 is 1.00 bits per heavy atom. The van der Waals surface area contributed by atoms with E-state index in [0.29, 0.717) is 5.75 Å². The molecule has 0 bridgehead atoms. The summed E-state index contributed by atoms with van der Waals surface area (Å²) < 4.78 is 0. The molecule has 1 aliphatic heterocycles. The SMILES string of the molecule is Nc1cccc(SCC(=O)N2CCN(Cc3ccccc3)CC2)c1. The molecule has 1 saturated heterocycles. The lowest BCUT2D eigenvalue weighted by Crippen LogP contribution is -2.48. The largest absolute Gasteiger partial charge is 0.399 e. The molecule has 0 saturated carbocycles. The zero-order valence-corrected chi connectivity index (χ0v) is 14.5. The van der Waals surface area contributed by atoms with Crippen LogP contribution in [0.25, 0.3) is 0 Å². The zero-order valence-electron chi connectivity index (χ0n) is 13.7. The fraction of sp³-hybridized carbons (Fsp3) is 0.316. The summed E-state index contributed by atoms with van der Waals surface area (Å²) in [7, 11) is 0. The van der Waals surface area contributed by atoms with Crippen LogP contribution in [-0.4, -0.2) is 47.6 Å². The highest BCUT2D eigenvalue weighted by molar-refractivity contribution is 8.00. The molecule has 0 spiro atoms. The molecule has 1 heterocycles. The maximum Gasteiger partial charge on any atom is 0.233 e. The highest BCUT2D eigenvalue weighted by Gasteiger charge is 2.21. The van der Waals surface area contributed by atoms with E-state index in [0.717, 1.165) is 43.3 Å². The highest BCUT2D eigenvalue weighted by Crippen LogP contribution is 2.21. The van der Waals surface area contributed by atoms with E-state index in [-0.39, 0.29) is 5.91 Å². The van der Waals surface area contributed by atoms with Crippen LogP contribution < -0.4 is 5.73 Å². The van der Waals surface area contributed by atoms with Crippen molar-refractivity contribution in [3.05, 3.63) is 60.2 Å². The molecule has 126 valence electrons. The summed E-state index contributed by atoms with van der Waals surface area (Å²) in [5.41, 5.74) is 7.84. The number of benzene rings is 2. The van der Waals surface area contributed by atoms with E-state index >= 15 is 0 Å². The van der Waals surface area contributed by atoms with E-state index in [1.807, 2.05) is 35.2 Å². The summed E-state index contributed by atoms with van der Waals surface area (Å²) in [4.78, 5) is 17.8. The number of anilines is 1. The van der Waals surface area contributed by atoms with Gasteiger partial charge in [-0.15, -0.1) is 11.8 Å². The number of carbonyl (C=O) groups excluding carboxylic acids is 1. The Labute approximate surface area is 147 Å². The zero-order chi connectivity index (χ0) is 16.8. The Balaban J connectivity index is 1.43. The average molecular weight is 341 g/mol. The van der Waals surface area contributed by atoms with Crippen LogP contribution in [0.5, 0.6) is 0 Å². The fourth-order valence-electron chi connectivity index (χ4n) is 2.84. The topological polar surface area (TPSA) is 49.6 Å². The van der Waals surface area contributed by atoms with E-state index in [4.69, 9.17) is 5.73 Å². The van der Waals surface area contributed by atoms with Crippen LogP contribution in [0.4, 0.5) is 5.69 Å². The van der Waals surface area contributed by atoms with Gasteiger partial charge in [0.05, 0.1) is 5.75 Å². The number of thioether (sulfide) groups is 1. The van der Waals surface area contributed by atoms with Gasteiger partial charge < -0.3 is 10.6 Å². The Bertz CT molecular complexity index is 669. The second-order valence-electron chi connectivity index (χ2n) is 6.00. The number of nitrogens with zero attached hydrogens (tertiary/aromatic N) is 2. The molecule has 1 fully saturated rings. The molecule has 2 aromatic carbocycles. The number of piperazine rings is 1. The van der Waals surface area contributed by atoms with Crippen LogP contribution in [0.15, 0.2) is 59.5 Å². The monoisotopic (exact) mass is 341 g/mol. The summed E-state index contributed by atoms with van der Waals surface area (Å²) in [5, 5.41) is 0. The van der Waals surface area contributed by atoms with Gasteiger partial charge in [-0.05, 0) is 23.8 Å². The molecule has 4 nitrogen and oxygen atoms in total. The van der Waals surface area contributed by atoms with Gasteiger partial charge in [0.25, 0.3) is 0 Å². The molecule has 5 heteroatoms. The summed E-state index contributed by atoms with van der Waals surface area (Å²) in [6, 6.07) is 18.2. The van der Waals surface area contributed by atoms with Crippen molar-refractivity contribution < 1.29 is 4.79 Å². The van der Waals surface area contributed by atoms with Crippen molar-refractivity contribution in [3.8, 4) is 0 Å². The predicted molar refractivity (Wildman–Crippen MR) is 99.9 cm³/mol. The quantitative estimate of drug-likeness (QED) is 0.671. The van der Waals surface area contributed by atoms with Crippen LogP contribution in [0.1, 0.15) is 5.56 Å². The first kappa shape index (κ1) is 16.9. The molecule has 2 aromatic rings. The highest BCUT2D eigenvalue weighted by atomic mass is 32.2. The number of nitrogens with two attached hydrogens (primary N) is 1. The number of nitrogen functional groups attached to an aromatic ring is 1. The van der Waals surface area contributed by atoms with Crippen molar-refractivity contribution in [3.63, 3.8) is 0 Å². The first-order valence-electron chi connectivity index (χ1n) is 8.23. The maximum atomic E-state index is 12.4. The second kappa shape index (κ2) is 8.22. The lowest BCUT2D eigenvalue weighted by atomic mass is 10.2. The molecule has 2 N–H and O–H groups in total. The van der Waals surface area contributed by atoms with Crippen molar-refractivity contribution in [2.24, 2.45) is 0 Å². The Morgan fingerprint density at radius 3 is 2.46 bits per heavy atom. The molecule has 3 rings (SSSR count). The van der Waals surface area contributed by atoms with E-state index in [2.05, 4.69) is 29.2 Å². The van der Waals surface area contributed by atoms with E-state index < -0.39 is 0 Å². The Morgan fingerprint density at radius 2 is 1.75 bits per heavy atom. The van der Waals surface area contributed by atoms with Crippen molar-refractivity contribution in [2.45, 2.75) is 11.4 Å². The molecule has 1 amide bonds. The maximum absolute atomic E-state index is 12.4. The van der Waals surface area contributed by atoms with Gasteiger partial charge in [0.1, 0.15) is 0 Å². The van der Waals surface area contributed by atoms with Crippen LogP contribution in [0.3, 0.4) is 0 Å². The number of amides is 1. The van der Waals surface area contributed by atoms with E-state index in [1.54, 1.807) is 11.8 Å². The molecule has 0 atom stereocenters. The lowest BCUT2D eigenvalue weighted by molar-refractivity contribution is -0.130. The summed E-state index contributed by atoms with van der Waals surface area (Å²) >= 11 is 1.55. The Hall–Kier alpha value is -1.98. The minimum Gasteiger partial charge on any atom is -0.399 e. The first-order chi connectivity index (χ1) is 11.7. The number of carbonyl (C=O) groups is 1. The van der Waals surface area contributed by atoms with Gasteiger partial charge in [-0.3, -0.25) is 9.69 Å². The lowest BCUT2D eigenvalue weighted by Gasteiger charge is -2.34. The minimum atomic E-state index is 0.210. The standard InChI is InChI=1S/C19H23N3OS/c20-17-7-4-8-18(13-17)24-15-19(23)22-11-9-21(10-12-22)14-16-5-2-1-3-6-16/h1-8,13H,9-12,14-15,20H2. The van der Waals surface area contributed by atoms with Gasteiger partial charge in [-0.25, -0.2) is 0 Å². The second-order valence-corrected chi connectivity index (χ2v) is 7.05. The first-order valence-corrected chi connectivity index (χ1v) is 9.22. The smallest absolute Gasteiger partial charge is 0.233 e. The normalized spacial score (nSPS) is 15.4. The van der Waals surface area contributed by atoms with Gasteiger partial charge in [-0.1, -0.05) is 36.4 Å². The average Bonchev–Trinajstić information content (AvgIpc) is 2.61. The minimum absolute atomic E-state index is 0.210. The van der Waals surface area contributed by atoms with Gasteiger partial charge in [0.2, 0.25) is 5.91 Å². The molecule has 0 radical (unpaired) electrons. The van der Waals surface area contributed by atoms with E-state index in [1.165, 1.54) is 5.56 Å². The summed E-state index contributed by atoms with van der Waals surface area (Å²) in [6.45, 7) is 4.44. The molecule has 0 aromatic heterocycles. The van der Waals surface area contributed by atoms with Crippen LogP contribution >= 0.6 is 11.8 Å². The van der Waals surface area contributed by atoms with Crippen LogP contribution in [-0.2, 0) is 11.3 Å². The van der Waals surface area contributed by atoms with Gasteiger partial charge in [0.15, 0.2) is 0 Å². The summed E-state index contributed by atoms with van der Waals surface area (Å²) in [6.07, 6.45) is 0. The molecular weight excluding hydrogens is 318 g/mol. The molecular formula is C19H23N3OS. The third kappa shape index (κ3) is 4.76. The van der Waals surface area contributed by atoms with Crippen LogP contribution in [0, 0.1) is 0 Å². The van der Waals surface area contributed by atoms with Gasteiger partial charge >= 0.3 is 0 Å². The predicted octanol–water partition coefficient (Wildman–Crippen LogP) is 2.71. The molecule has 24 heavy (non-hydrogen) atoms. The molecule has 0 unspecified atom stereocenters. The molecule has 1 aliphatic rings. The van der Waals surface area contributed by atoms with Gasteiger partial charge in [-0.2, -0.15) is 0 Å².